The lowest BCUT2D eigenvalue weighted by atomic mass is 9.81. The van der Waals surface area contributed by atoms with Gasteiger partial charge in [0.15, 0.2) is 20.8 Å². The number of nitrogens with one attached hydrogen (secondary N) is 1. The smallest absolute Gasteiger partial charge is 0.242 e. The number of rotatable bonds is 3. The summed E-state index contributed by atoms with van der Waals surface area (Å²) >= 11 is 0. The van der Waals surface area contributed by atoms with Gasteiger partial charge in [-0.2, -0.15) is 0 Å². The zero-order chi connectivity index (χ0) is 21.9. The molecule has 0 aromatic heterocycles. The number of carbonyl (C=O) groups excluding carboxylic acids is 1. The number of piperidine rings is 1. The Kier molecular flexibility index (Phi) is 4.65. The summed E-state index contributed by atoms with van der Waals surface area (Å²) in [4.78, 5) is 13.2. The molecule has 0 spiro atoms. The van der Waals surface area contributed by atoms with E-state index in [0.29, 0.717) is 23.5 Å². The second kappa shape index (κ2) is 6.74. The van der Waals surface area contributed by atoms with Gasteiger partial charge in [0.05, 0.1) is 12.0 Å². The number of sulfone groups is 1. The van der Waals surface area contributed by atoms with Gasteiger partial charge in [0.2, 0.25) is 5.91 Å². The van der Waals surface area contributed by atoms with Gasteiger partial charge in [-0.15, -0.1) is 0 Å². The minimum absolute atomic E-state index is 0.0922. The fourth-order valence-corrected chi connectivity index (χ4v) is 6.18. The lowest BCUT2D eigenvalue weighted by Gasteiger charge is -2.46. The molecule has 0 aliphatic carbocycles. The number of hydrogen-bond donors (Lipinski definition) is 1. The molecule has 2 aliphatic rings. The highest BCUT2D eigenvalue weighted by atomic mass is 32.2. The van der Waals surface area contributed by atoms with Crippen molar-refractivity contribution in [1.82, 2.24) is 5.32 Å². The summed E-state index contributed by atoms with van der Waals surface area (Å²) in [5.74, 6) is 0.109. The largest absolute Gasteiger partial charge is 0.497 e. The van der Waals surface area contributed by atoms with E-state index in [2.05, 4.69) is 26.1 Å². The van der Waals surface area contributed by atoms with Crippen LogP contribution in [-0.2, 0) is 20.0 Å². The molecule has 1 amide bonds. The van der Waals surface area contributed by atoms with E-state index in [9.17, 15) is 13.2 Å². The van der Waals surface area contributed by atoms with Crippen LogP contribution in [0.15, 0.2) is 47.4 Å². The van der Waals surface area contributed by atoms with Gasteiger partial charge in [0.1, 0.15) is 11.5 Å². The number of amides is 1. The van der Waals surface area contributed by atoms with Crippen molar-refractivity contribution in [3.8, 4) is 11.5 Å². The predicted molar refractivity (Wildman–Crippen MR) is 114 cm³/mol. The summed E-state index contributed by atoms with van der Waals surface area (Å²) in [6.07, 6.45) is 0.377. The Bertz CT molecular complexity index is 1100. The van der Waals surface area contributed by atoms with Crippen LogP contribution in [0.2, 0.25) is 0 Å². The fraction of sp³-hybridized carbons (Fsp3) is 0.435. The third-order valence-electron chi connectivity index (χ3n) is 5.96. The molecule has 4 rings (SSSR count). The van der Waals surface area contributed by atoms with E-state index >= 15 is 0 Å². The number of hydrogen-bond acceptors (Lipinski definition) is 5. The molecule has 1 saturated heterocycles. The second-order valence-electron chi connectivity index (χ2n) is 9.28. The first kappa shape index (κ1) is 20.7. The first-order chi connectivity index (χ1) is 13.9. The van der Waals surface area contributed by atoms with Gasteiger partial charge in [0.25, 0.3) is 0 Å². The molecule has 2 heterocycles. The molecule has 2 bridgehead atoms. The van der Waals surface area contributed by atoms with Crippen molar-refractivity contribution in [2.45, 2.75) is 61.3 Å². The maximum absolute atomic E-state index is 13.6. The predicted octanol–water partition coefficient (Wildman–Crippen LogP) is 3.55. The number of ether oxygens (including phenoxy) is 2. The average molecular weight is 430 g/mol. The second-order valence-corrected chi connectivity index (χ2v) is 11.3. The Morgan fingerprint density at radius 1 is 1.13 bits per heavy atom. The lowest BCUT2D eigenvalue weighted by molar-refractivity contribution is -0.132. The molecule has 0 radical (unpaired) electrons. The first-order valence-corrected chi connectivity index (χ1v) is 11.5. The van der Waals surface area contributed by atoms with Crippen LogP contribution in [0.1, 0.15) is 51.2 Å². The number of methoxy groups -OCH3 is 1. The highest BCUT2D eigenvalue weighted by molar-refractivity contribution is 7.92. The standard InChI is InChI=1S/C23H27NO5S/c1-22(2,3)14-6-9-16(10-7-14)30(26,27)20-18-13-23(4,24-21(20)25)29-19-12-15(28-5)8-11-17(18)19/h6-12,18,20H,13H2,1-5H3,(H,24,25). The highest BCUT2D eigenvalue weighted by Crippen LogP contribution is 2.48. The van der Waals surface area contributed by atoms with E-state index < -0.39 is 32.6 Å². The summed E-state index contributed by atoms with van der Waals surface area (Å²) < 4.78 is 38.4. The monoisotopic (exact) mass is 429 g/mol. The van der Waals surface area contributed by atoms with E-state index in [1.54, 1.807) is 44.4 Å². The molecule has 160 valence electrons. The van der Waals surface area contributed by atoms with Crippen molar-refractivity contribution in [3.05, 3.63) is 53.6 Å². The van der Waals surface area contributed by atoms with Gasteiger partial charge in [-0.1, -0.05) is 39.0 Å². The van der Waals surface area contributed by atoms with Crippen LogP contribution >= 0.6 is 0 Å². The Balaban J connectivity index is 1.78. The SMILES string of the molecule is COc1ccc2c(c1)OC1(C)CC2C(S(=O)(=O)c2ccc(C(C)(C)C)cc2)C(=O)N1. The van der Waals surface area contributed by atoms with Crippen molar-refractivity contribution in [3.63, 3.8) is 0 Å². The Morgan fingerprint density at radius 3 is 2.40 bits per heavy atom. The maximum Gasteiger partial charge on any atom is 0.242 e. The number of fused-ring (bicyclic) bond motifs is 4. The van der Waals surface area contributed by atoms with Crippen LogP contribution in [0.25, 0.3) is 0 Å². The molecule has 7 heteroatoms. The van der Waals surface area contributed by atoms with Crippen LogP contribution in [0, 0.1) is 0 Å². The average Bonchev–Trinajstić information content (AvgIpc) is 2.65. The molecule has 6 nitrogen and oxygen atoms in total. The first-order valence-electron chi connectivity index (χ1n) is 9.98. The van der Waals surface area contributed by atoms with Crippen molar-refractivity contribution in [2.24, 2.45) is 0 Å². The van der Waals surface area contributed by atoms with Gasteiger partial charge in [-0.3, -0.25) is 4.79 Å². The Labute approximate surface area is 177 Å². The normalized spacial score (nSPS) is 25.7. The van der Waals surface area contributed by atoms with E-state index in [-0.39, 0.29) is 10.3 Å². The van der Waals surface area contributed by atoms with E-state index in [4.69, 9.17) is 9.47 Å². The Morgan fingerprint density at radius 2 is 1.80 bits per heavy atom. The van der Waals surface area contributed by atoms with Crippen molar-refractivity contribution in [2.75, 3.05) is 7.11 Å². The summed E-state index contributed by atoms with van der Waals surface area (Å²) in [7, 11) is -2.35. The molecule has 0 saturated carbocycles. The zero-order valence-electron chi connectivity index (χ0n) is 17.9. The molecule has 2 aromatic carbocycles. The molecular formula is C23H27NO5S. The number of benzene rings is 2. The molecule has 2 aliphatic heterocycles. The van der Waals surface area contributed by atoms with Gasteiger partial charge in [0, 0.05) is 18.4 Å². The molecule has 3 atom stereocenters. The van der Waals surface area contributed by atoms with Gasteiger partial charge >= 0.3 is 0 Å². The summed E-state index contributed by atoms with van der Waals surface area (Å²) in [6, 6.07) is 12.1. The lowest BCUT2D eigenvalue weighted by Crippen LogP contribution is -2.63. The van der Waals surface area contributed by atoms with E-state index in [1.807, 2.05) is 12.1 Å². The van der Waals surface area contributed by atoms with Crippen LogP contribution in [0.3, 0.4) is 0 Å². The molecule has 1 N–H and O–H groups in total. The van der Waals surface area contributed by atoms with Crippen molar-refractivity contribution in [1.29, 1.82) is 0 Å². The number of carbonyl (C=O) groups is 1. The van der Waals surface area contributed by atoms with Crippen molar-refractivity contribution >= 4 is 15.7 Å². The minimum Gasteiger partial charge on any atom is -0.497 e. The summed E-state index contributed by atoms with van der Waals surface area (Å²) in [6.45, 7) is 7.97. The molecule has 2 aromatic rings. The van der Waals surface area contributed by atoms with Gasteiger partial charge in [-0.25, -0.2) is 8.42 Å². The zero-order valence-corrected chi connectivity index (χ0v) is 18.7. The van der Waals surface area contributed by atoms with E-state index in [1.165, 1.54) is 0 Å². The minimum atomic E-state index is -3.91. The summed E-state index contributed by atoms with van der Waals surface area (Å²) in [5.41, 5.74) is 0.697. The van der Waals surface area contributed by atoms with Crippen LogP contribution in [-0.4, -0.2) is 32.4 Å². The quantitative estimate of drug-likeness (QED) is 0.807. The highest BCUT2D eigenvalue weighted by Gasteiger charge is 2.54. The fourth-order valence-electron chi connectivity index (χ4n) is 4.36. The molecule has 30 heavy (non-hydrogen) atoms. The third kappa shape index (κ3) is 3.35. The maximum atomic E-state index is 13.6. The van der Waals surface area contributed by atoms with Crippen LogP contribution in [0.4, 0.5) is 0 Å². The van der Waals surface area contributed by atoms with Gasteiger partial charge < -0.3 is 14.8 Å². The van der Waals surface area contributed by atoms with Crippen molar-refractivity contribution < 1.29 is 22.7 Å². The topological polar surface area (TPSA) is 81.7 Å². The molecular weight excluding hydrogens is 402 g/mol. The Hall–Kier alpha value is -2.54. The van der Waals surface area contributed by atoms with Crippen LogP contribution in [0.5, 0.6) is 11.5 Å². The third-order valence-corrected chi connectivity index (χ3v) is 8.10. The molecule has 1 fully saturated rings. The van der Waals surface area contributed by atoms with Crippen LogP contribution < -0.4 is 14.8 Å². The molecule has 3 unspecified atom stereocenters. The van der Waals surface area contributed by atoms with E-state index in [0.717, 1.165) is 5.56 Å². The summed E-state index contributed by atoms with van der Waals surface area (Å²) in [5, 5.41) is 1.56. The van der Waals surface area contributed by atoms with Gasteiger partial charge in [-0.05, 0) is 41.7 Å².